The minimum atomic E-state index is 0.524. The molecular weight excluding hydrogens is 324 g/mol. The molecule has 0 N–H and O–H groups in total. The van der Waals surface area contributed by atoms with E-state index in [9.17, 15) is 0 Å². The number of hydrogen-bond donors (Lipinski definition) is 0. The Morgan fingerprint density at radius 2 is 0.852 bits per heavy atom. The van der Waals surface area contributed by atoms with Gasteiger partial charge in [0.25, 0.3) is 0 Å². The molecule has 0 radical (unpaired) electrons. The predicted octanol–water partition coefficient (Wildman–Crippen LogP) is 7.81. The summed E-state index contributed by atoms with van der Waals surface area (Å²) in [5.41, 5.74) is 8.91. The van der Waals surface area contributed by atoms with E-state index in [0.29, 0.717) is 5.92 Å². The molecule has 4 aromatic carbocycles. The molecule has 0 spiro atoms. The number of benzene rings is 4. The fourth-order valence-electron chi connectivity index (χ4n) is 3.47. The van der Waals surface area contributed by atoms with Gasteiger partial charge in [0, 0.05) is 0 Å². The molecule has 0 heterocycles. The Morgan fingerprint density at radius 3 is 1.33 bits per heavy atom. The second kappa shape index (κ2) is 7.63. The van der Waals surface area contributed by atoms with Crippen LogP contribution in [0.15, 0.2) is 103 Å². The lowest BCUT2D eigenvalue weighted by molar-refractivity contribution is 0.867. The first-order valence-electron chi connectivity index (χ1n) is 9.57. The molecule has 0 bridgehead atoms. The molecule has 0 nitrogen and oxygen atoms in total. The molecule has 4 rings (SSSR count). The molecule has 0 amide bonds. The maximum Gasteiger partial charge on any atom is -0.0172 e. The Bertz CT molecular complexity index is 970. The Morgan fingerprint density at radius 1 is 0.407 bits per heavy atom. The topological polar surface area (TPSA) is 0 Å². The fraction of sp³-hybridized carbons (Fsp3) is 0.111. The van der Waals surface area contributed by atoms with Gasteiger partial charge in [-0.25, -0.2) is 0 Å². The molecule has 0 saturated heterocycles. The van der Waals surface area contributed by atoms with Crippen LogP contribution in [-0.4, -0.2) is 0 Å². The van der Waals surface area contributed by atoms with E-state index in [-0.39, 0.29) is 0 Å². The Hall–Kier alpha value is -3.12. The van der Waals surface area contributed by atoms with Crippen LogP contribution in [0.4, 0.5) is 0 Å². The third-order valence-electron chi connectivity index (χ3n) is 5.03. The summed E-state index contributed by atoms with van der Waals surface area (Å²) >= 11 is 0. The van der Waals surface area contributed by atoms with Crippen LogP contribution in [0.25, 0.3) is 33.4 Å². The SMILES string of the molecule is CC(C)c1cccc(-c2cc(-c3ccccc3)cc(-c3ccccc3)c2)c1. The predicted molar refractivity (Wildman–Crippen MR) is 117 cm³/mol. The highest BCUT2D eigenvalue weighted by molar-refractivity contribution is 5.81. The van der Waals surface area contributed by atoms with Gasteiger partial charge in [-0.3, -0.25) is 0 Å². The van der Waals surface area contributed by atoms with Crippen LogP contribution in [0, 0.1) is 0 Å². The summed E-state index contributed by atoms with van der Waals surface area (Å²) in [6, 6.07) is 37.1. The van der Waals surface area contributed by atoms with Gasteiger partial charge in [-0.15, -0.1) is 0 Å². The largest absolute Gasteiger partial charge is 0.0622 e. The Kier molecular flexibility index (Phi) is 4.89. The van der Waals surface area contributed by atoms with Crippen molar-refractivity contribution >= 4 is 0 Å². The normalized spacial score (nSPS) is 10.9. The summed E-state index contributed by atoms with van der Waals surface area (Å²) in [4.78, 5) is 0. The van der Waals surface area contributed by atoms with Gasteiger partial charge < -0.3 is 0 Å². The number of hydrogen-bond acceptors (Lipinski definition) is 0. The van der Waals surface area contributed by atoms with Crippen LogP contribution in [0.2, 0.25) is 0 Å². The van der Waals surface area contributed by atoms with E-state index in [1.165, 1.54) is 38.9 Å². The summed E-state index contributed by atoms with van der Waals surface area (Å²) in [5.74, 6) is 0.524. The van der Waals surface area contributed by atoms with E-state index in [1.54, 1.807) is 0 Å². The first-order valence-corrected chi connectivity index (χ1v) is 9.57. The zero-order valence-corrected chi connectivity index (χ0v) is 15.9. The van der Waals surface area contributed by atoms with Crippen molar-refractivity contribution in [2.45, 2.75) is 19.8 Å². The van der Waals surface area contributed by atoms with Crippen LogP contribution in [-0.2, 0) is 0 Å². The molecule has 0 aliphatic heterocycles. The zero-order chi connectivity index (χ0) is 18.6. The van der Waals surface area contributed by atoms with Crippen molar-refractivity contribution in [1.82, 2.24) is 0 Å². The second-order valence-electron chi connectivity index (χ2n) is 7.31. The molecule has 0 aliphatic rings. The number of rotatable bonds is 4. The van der Waals surface area contributed by atoms with Crippen molar-refractivity contribution in [2.75, 3.05) is 0 Å². The first-order chi connectivity index (χ1) is 13.2. The minimum Gasteiger partial charge on any atom is -0.0622 e. The third kappa shape index (κ3) is 3.85. The van der Waals surface area contributed by atoms with Gasteiger partial charge in [-0.1, -0.05) is 98.8 Å². The quantitative estimate of drug-likeness (QED) is 0.353. The highest BCUT2D eigenvalue weighted by Crippen LogP contribution is 2.33. The highest BCUT2D eigenvalue weighted by Gasteiger charge is 2.08. The van der Waals surface area contributed by atoms with Crippen molar-refractivity contribution in [3.05, 3.63) is 109 Å². The molecule has 0 heteroatoms. The van der Waals surface area contributed by atoms with Gasteiger partial charge in [-0.05, 0) is 63.1 Å². The lowest BCUT2D eigenvalue weighted by Crippen LogP contribution is -1.89. The minimum absolute atomic E-state index is 0.524. The fourth-order valence-corrected chi connectivity index (χ4v) is 3.47. The lowest BCUT2D eigenvalue weighted by atomic mass is 9.92. The van der Waals surface area contributed by atoms with Gasteiger partial charge in [0.15, 0.2) is 0 Å². The summed E-state index contributed by atoms with van der Waals surface area (Å²) < 4.78 is 0. The van der Waals surface area contributed by atoms with Crippen LogP contribution in [0.3, 0.4) is 0 Å². The van der Waals surface area contributed by atoms with Gasteiger partial charge in [0.05, 0.1) is 0 Å². The van der Waals surface area contributed by atoms with Crippen molar-refractivity contribution in [1.29, 1.82) is 0 Å². The first kappa shape index (κ1) is 17.3. The lowest BCUT2D eigenvalue weighted by Gasteiger charge is -2.13. The molecule has 0 atom stereocenters. The molecule has 0 aromatic heterocycles. The van der Waals surface area contributed by atoms with Crippen molar-refractivity contribution < 1.29 is 0 Å². The average molecular weight is 348 g/mol. The van der Waals surface area contributed by atoms with Crippen LogP contribution in [0.5, 0.6) is 0 Å². The Balaban J connectivity index is 1.90. The molecular formula is C27H24. The molecule has 132 valence electrons. The van der Waals surface area contributed by atoms with E-state index in [4.69, 9.17) is 0 Å². The molecule has 27 heavy (non-hydrogen) atoms. The summed E-state index contributed by atoms with van der Waals surface area (Å²) in [6.45, 7) is 4.49. The Labute approximate surface area is 162 Å². The van der Waals surface area contributed by atoms with Crippen LogP contribution >= 0.6 is 0 Å². The zero-order valence-electron chi connectivity index (χ0n) is 15.9. The summed E-state index contributed by atoms with van der Waals surface area (Å²) in [5, 5.41) is 0. The highest BCUT2D eigenvalue weighted by atomic mass is 14.1. The van der Waals surface area contributed by atoms with Crippen LogP contribution < -0.4 is 0 Å². The smallest absolute Gasteiger partial charge is 0.0172 e. The molecule has 0 fully saturated rings. The summed E-state index contributed by atoms with van der Waals surface area (Å²) in [7, 11) is 0. The van der Waals surface area contributed by atoms with E-state index in [2.05, 4.69) is 117 Å². The van der Waals surface area contributed by atoms with Crippen molar-refractivity contribution in [3.8, 4) is 33.4 Å². The van der Waals surface area contributed by atoms with E-state index < -0.39 is 0 Å². The standard InChI is InChI=1S/C27H24/c1-20(2)23-14-9-15-24(16-23)27-18-25(21-10-5-3-6-11-21)17-26(19-27)22-12-7-4-8-13-22/h3-20H,1-2H3. The second-order valence-corrected chi connectivity index (χ2v) is 7.31. The van der Waals surface area contributed by atoms with E-state index >= 15 is 0 Å². The van der Waals surface area contributed by atoms with E-state index in [0.717, 1.165) is 0 Å². The maximum atomic E-state index is 2.32. The summed E-state index contributed by atoms with van der Waals surface area (Å²) in [6.07, 6.45) is 0. The molecule has 0 saturated carbocycles. The average Bonchev–Trinajstić information content (AvgIpc) is 2.75. The van der Waals surface area contributed by atoms with Crippen molar-refractivity contribution in [3.63, 3.8) is 0 Å². The third-order valence-corrected chi connectivity index (χ3v) is 5.03. The van der Waals surface area contributed by atoms with Gasteiger partial charge in [0.2, 0.25) is 0 Å². The monoisotopic (exact) mass is 348 g/mol. The van der Waals surface area contributed by atoms with E-state index in [1.807, 2.05) is 0 Å². The molecule has 0 aliphatic carbocycles. The van der Waals surface area contributed by atoms with Crippen molar-refractivity contribution in [2.24, 2.45) is 0 Å². The van der Waals surface area contributed by atoms with Gasteiger partial charge >= 0.3 is 0 Å². The van der Waals surface area contributed by atoms with Crippen LogP contribution in [0.1, 0.15) is 25.3 Å². The van der Waals surface area contributed by atoms with Gasteiger partial charge in [-0.2, -0.15) is 0 Å². The maximum absolute atomic E-state index is 2.32. The molecule has 4 aromatic rings. The van der Waals surface area contributed by atoms with Gasteiger partial charge in [0.1, 0.15) is 0 Å². The molecule has 0 unspecified atom stereocenters.